The SMILES string of the molecule is COc1ccc(C)cc1[C@@H](C)NC(=O)NCCc1nc(C)cs1. The third kappa shape index (κ3) is 4.96. The fourth-order valence-corrected chi connectivity index (χ4v) is 3.09. The van der Waals surface area contributed by atoms with Gasteiger partial charge in [-0.25, -0.2) is 9.78 Å². The van der Waals surface area contributed by atoms with E-state index in [1.54, 1.807) is 18.4 Å². The van der Waals surface area contributed by atoms with Crippen LogP contribution in [-0.2, 0) is 6.42 Å². The standard InChI is InChI=1S/C17H23N3O2S/c1-11-5-6-15(22-4)14(9-11)13(3)20-17(21)18-8-7-16-19-12(2)10-23-16/h5-6,9-10,13H,7-8H2,1-4H3,(H2,18,20,21)/t13-/m1/s1. The van der Waals surface area contributed by atoms with Crippen molar-refractivity contribution >= 4 is 17.4 Å². The highest BCUT2D eigenvalue weighted by Crippen LogP contribution is 2.25. The molecule has 6 heteroatoms. The topological polar surface area (TPSA) is 63.2 Å². The van der Waals surface area contributed by atoms with E-state index in [1.165, 1.54) is 0 Å². The van der Waals surface area contributed by atoms with Crippen LogP contribution in [0.1, 0.15) is 34.8 Å². The molecule has 1 aromatic carbocycles. The highest BCUT2D eigenvalue weighted by Gasteiger charge is 2.14. The number of nitrogens with zero attached hydrogens (tertiary/aromatic N) is 1. The molecule has 1 atom stereocenters. The van der Waals surface area contributed by atoms with Crippen molar-refractivity contribution in [1.29, 1.82) is 0 Å². The Kier molecular flexibility index (Phi) is 5.98. The van der Waals surface area contributed by atoms with E-state index in [-0.39, 0.29) is 12.1 Å². The Labute approximate surface area is 141 Å². The summed E-state index contributed by atoms with van der Waals surface area (Å²) in [6.45, 7) is 6.50. The van der Waals surface area contributed by atoms with Gasteiger partial charge in [0.2, 0.25) is 0 Å². The second kappa shape index (κ2) is 7.97. The molecule has 2 aromatic rings. The lowest BCUT2D eigenvalue weighted by molar-refractivity contribution is 0.238. The van der Waals surface area contributed by atoms with Gasteiger partial charge in [0, 0.05) is 29.6 Å². The fourth-order valence-electron chi connectivity index (χ4n) is 2.32. The molecule has 0 aliphatic rings. The molecule has 0 saturated heterocycles. The van der Waals surface area contributed by atoms with Crippen LogP contribution in [0.3, 0.4) is 0 Å². The number of urea groups is 1. The van der Waals surface area contributed by atoms with E-state index in [2.05, 4.69) is 15.6 Å². The number of benzene rings is 1. The number of aryl methyl sites for hydroxylation is 2. The molecule has 2 N–H and O–H groups in total. The minimum absolute atomic E-state index is 0.132. The number of aromatic nitrogens is 1. The third-order valence-electron chi connectivity index (χ3n) is 3.49. The van der Waals surface area contributed by atoms with Crippen molar-refractivity contribution in [2.45, 2.75) is 33.2 Å². The number of hydrogen-bond acceptors (Lipinski definition) is 4. The molecule has 5 nitrogen and oxygen atoms in total. The summed E-state index contributed by atoms with van der Waals surface area (Å²) in [5.41, 5.74) is 3.13. The predicted molar refractivity (Wildman–Crippen MR) is 93.2 cm³/mol. The van der Waals surface area contributed by atoms with Gasteiger partial charge in [-0.2, -0.15) is 0 Å². The van der Waals surface area contributed by atoms with Crippen LogP contribution >= 0.6 is 11.3 Å². The van der Waals surface area contributed by atoms with Crippen molar-refractivity contribution in [2.24, 2.45) is 0 Å². The molecule has 124 valence electrons. The molecule has 2 rings (SSSR count). The minimum atomic E-state index is -0.186. The second-order valence-electron chi connectivity index (χ2n) is 5.50. The Balaban J connectivity index is 1.86. The molecule has 0 unspecified atom stereocenters. The first-order valence-corrected chi connectivity index (χ1v) is 8.47. The quantitative estimate of drug-likeness (QED) is 0.852. The monoisotopic (exact) mass is 333 g/mol. The van der Waals surface area contributed by atoms with Crippen LogP contribution in [-0.4, -0.2) is 24.7 Å². The van der Waals surface area contributed by atoms with E-state index in [9.17, 15) is 4.79 Å². The first-order valence-electron chi connectivity index (χ1n) is 7.59. The van der Waals surface area contributed by atoms with E-state index in [4.69, 9.17) is 4.74 Å². The molecule has 0 bridgehead atoms. The molecule has 0 radical (unpaired) electrons. The van der Waals surface area contributed by atoms with Crippen molar-refractivity contribution in [2.75, 3.05) is 13.7 Å². The molecular weight excluding hydrogens is 310 g/mol. The molecular formula is C17H23N3O2S. The predicted octanol–water partition coefficient (Wildman–Crippen LogP) is 3.37. The van der Waals surface area contributed by atoms with E-state index < -0.39 is 0 Å². The van der Waals surface area contributed by atoms with Gasteiger partial charge in [0.15, 0.2) is 0 Å². The average Bonchev–Trinajstić information content (AvgIpc) is 2.92. The number of carbonyl (C=O) groups excluding carboxylic acids is 1. The van der Waals surface area contributed by atoms with Gasteiger partial charge in [-0.05, 0) is 26.8 Å². The lowest BCUT2D eigenvalue weighted by Gasteiger charge is -2.18. The Bertz CT molecular complexity index is 670. The summed E-state index contributed by atoms with van der Waals surface area (Å²) in [6, 6.07) is 5.63. The van der Waals surface area contributed by atoms with E-state index in [0.29, 0.717) is 6.54 Å². The normalized spacial score (nSPS) is 11.8. The smallest absolute Gasteiger partial charge is 0.315 e. The molecule has 1 aromatic heterocycles. The molecule has 1 heterocycles. The first kappa shape index (κ1) is 17.3. The van der Waals surface area contributed by atoms with Gasteiger partial charge in [0.1, 0.15) is 5.75 Å². The summed E-state index contributed by atoms with van der Waals surface area (Å²) in [4.78, 5) is 16.4. The summed E-state index contributed by atoms with van der Waals surface area (Å²) >= 11 is 1.62. The zero-order valence-electron chi connectivity index (χ0n) is 14.0. The van der Waals surface area contributed by atoms with Gasteiger partial charge in [0.05, 0.1) is 18.2 Å². The molecule has 0 saturated carbocycles. The minimum Gasteiger partial charge on any atom is -0.496 e. The zero-order chi connectivity index (χ0) is 16.8. The van der Waals surface area contributed by atoms with Crippen LogP contribution in [0.5, 0.6) is 5.75 Å². The van der Waals surface area contributed by atoms with Crippen molar-refractivity contribution in [3.63, 3.8) is 0 Å². The highest BCUT2D eigenvalue weighted by atomic mass is 32.1. The third-order valence-corrected chi connectivity index (χ3v) is 4.52. The van der Waals surface area contributed by atoms with Crippen molar-refractivity contribution in [1.82, 2.24) is 15.6 Å². The number of nitrogens with one attached hydrogen (secondary N) is 2. The van der Waals surface area contributed by atoms with Gasteiger partial charge < -0.3 is 15.4 Å². The highest BCUT2D eigenvalue weighted by molar-refractivity contribution is 7.09. The van der Waals surface area contributed by atoms with Crippen molar-refractivity contribution in [3.05, 3.63) is 45.4 Å². The maximum atomic E-state index is 12.0. The molecule has 0 aliphatic heterocycles. The Morgan fingerprint density at radius 2 is 2.17 bits per heavy atom. The van der Waals surface area contributed by atoms with Crippen LogP contribution in [0.4, 0.5) is 4.79 Å². The van der Waals surface area contributed by atoms with Gasteiger partial charge in [-0.1, -0.05) is 17.7 Å². The number of carbonyl (C=O) groups is 1. The zero-order valence-corrected chi connectivity index (χ0v) is 14.8. The van der Waals surface area contributed by atoms with Gasteiger partial charge in [-0.3, -0.25) is 0 Å². The molecule has 0 aliphatic carbocycles. The van der Waals surface area contributed by atoms with Crippen LogP contribution < -0.4 is 15.4 Å². The molecule has 2 amide bonds. The van der Waals surface area contributed by atoms with E-state index >= 15 is 0 Å². The number of thiazole rings is 1. The van der Waals surface area contributed by atoms with Crippen LogP contribution in [0.15, 0.2) is 23.6 Å². The maximum Gasteiger partial charge on any atom is 0.315 e. The number of methoxy groups -OCH3 is 1. The van der Waals surface area contributed by atoms with Gasteiger partial charge in [-0.15, -0.1) is 11.3 Å². The van der Waals surface area contributed by atoms with Crippen molar-refractivity contribution in [3.8, 4) is 5.75 Å². The summed E-state index contributed by atoms with van der Waals surface area (Å²) < 4.78 is 5.37. The average molecular weight is 333 g/mol. The van der Waals surface area contributed by atoms with Gasteiger partial charge >= 0.3 is 6.03 Å². The Morgan fingerprint density at radius 1 is 1.39 bits per heavy atom. The molecule has 23 heavy (non-hydrogen) atoms. The molecule has 0 fully saturated rings. The molecule has 0 spiro atoms. The second-order valence-corrected chi connectivity index (χ2v) is 6.44. The van der Waals surface area contributed by atoms with E-state index in [1.807, 2.05) is 44.4 Å². The number of hydrogen-bond donors (Lipinski definition) is 2. The van der Waals surface area contributed by atoms with Gasteiger partial charge in [0.25, 0.3) is 0 Å². The first-order chi connectivity index (χ1) is 11.0. The Hall–Kier alpha value is -2.08. The summed E-state index contributed by atoms with van der Waals surface area (Å²) in [5, 5.41) is 8.87. The number of amides is 2. The number of ether oxygens (including phenoxy) is 1. The Morgan fingerprint density at radius 3 is 2.83 bits per heavy atom. The lowest BCUT2D eigenvalue weighted by Crippen LogP contribution is -2.38. The maximum absolute atomic E-state index is 12.0. The van der Waals surface area contributed by atoms with Crippen LogP contribution in [0.2, 0.25) is 0 Å². The number of rotatable bonds is 6. The fraction of sp³-hybridized carbons (Fsp3) is 0.412. The summed E-state index contributed by atoms with van der Waals surface area (Å²) in [5.74, 6) is 0.779. The summed E-state index contributed by atoms with van der Waals surface area (Å²) in [7, 11) is 1.64. The van der Waals surface area contributed by atoms with Crippen LogP contribution in [0, 0.1) is 13.8 Å². The van der Waals surface area contributed by atoms with Crippen LogP contribution in [0.25, 0.3) is 0 Å². The van der Waals surface area contributed by atoms with E-state index in [0.717, 1.165) is 34.0 Å². The lowest BCUT2D eigenvalue weighted by atomic mass is 10.0. The summed E-state index contributed by atoms with van der Waals surface area (Å²) in [6.07, 6.45) is 0.744. The van der Waals surface area contributed by atoms with Crippen molar-refractivity contribution < 1.29 is 9.53 Å². The largest absolute Gasteiger partial charge is 0.496 e.